The van der Waals surface area contributed by atoms with Crippen molar-refractivity contribution >= 4 is 17.8 Å². The number of nitrogens with one attached hydrogen (secondary N) is 1. The smallest absolute Gasteiger partial charge is 0.317 e. The Balaban J connectivity index is 1.67. The Hall–Kier alpha value is -1.63. The quantitative estimate of drug-likeness (QED) is 0.599. The second kappa shape index (κ2) is 6.89. The average molecular weight is 297 g/mol. The van der Waals surface area contributed by atoms with Crippen LogP contribution < -0.4 is 5.32 Å². The molecule has 2 atom stereocenters. The van der Waals surface area contributed by atoms with E-state index in [4.69, 9.17) is 4.74 Å². The molecule has 2 aliphatic rings. The molecule has 4 amide bonds. The predicted molar refractivity (Wildman–Crippen MR) is 75.6 cm³/mol. The fraction of sp³-hybridized carbons (Fsp3) is 0.786. The zero-order valence-corrected chi connectivity index (χ0v) is 12.6. The highest BCUT2D eigenvalue weighted by Gasteiger charge is 2.28. The third-order valence-electron chi connectivity index (χ3n) is 3.70. The van der Waals surface area contributed by atoms with E-state index >= 15 is 0 Å². The van der Waals surface area contributed by atoms with Gasteiger partial charge >= 0.3 is 6.03 Å². The highest BCUT2D eigenvalue weighted by Crippen LogP contribution is 2.12. The van der Waals surface area contributed by atoms with Gasteiger partial charge < -0.3 is 15.0 Å². The summed E-state index contributed by atoms with van der Waals surface area (Å²) in [6.07, 6.45) is 1.29. The first-order valence-corrected chi connectivity index (χ1v) is 7.49. The third kappa shape index (κ3) is 4.17. The molecule has 2 fully saturated rings. The fourth-order valence-corrected chi connectivity index (χ4v) is 2.76. The van der Waals surface area contributed by atoms with Gasteiger partial charge in [0.2, 0.25) is 11.8 Å². The number of carbonyl (C=O) groups is 3. The minimum atomic E-state index is -0.115. The van der Waals surface area contributed by atoms with Crippen molar-refractivity contribution in [3.05, 3.63) is 0 Å². The summed E-state index contributed by atoms with van der Waals surface area (Å²) in [5.74, 6) is -0.218. The molecular weight excluding hydrogens is 274 g/mol. The summed E-state index contributed by atoms with van der Waals surface area (Å²) in [5.41, 5.74) is 0. The number of nitrogens with zero attached hydrogens (tertiary/aromatic N) is 2. The van der Waals surface area contributed by atoms with Gasteiger partial charge in [-0.25, -0.2) is 4.79 Å². The lowest BCUT2D eigenvalue weighted by atomic mass is 10.2. The molecule has 7 nitrogen and oxygen atoms in total. The maximum absolute atomic E-state index is 12.0. The van der Waals surface area contributed by atoms with Gasteiger partial charge in [-0.3, -0.25) is 14.5 Å². The van der Waals surface area contributed by atoms with Gasteiger partial charge in [-0.1, -0.05) is 0 Å². The Bertz CT molecular complexity index is 400. The van der Waals surface area contributed by atoms with Gasteiger partial charge in [-0.15, -0.1) is 0 Å². The Morgan fingerprint density at radius 3 is 2.33 bits per heavy atom. The van der Waals surface area contributed by atoms with Gasteiger partial charge in [0.05, 0.1) is 12.2 Å². The number of amides is 4. The molecule has 0 unspecified atom stereocenters. The zero-order valence-electron chi connectivity index (χ0n) is 12.6. The number of urea groups is 1. The van der Waals surface area contributed by atoms with E-state index in [1.807, 2.05) is 13.8 Å². The number of ether oxygens (including phenoxy) is 1. The summed E-state index contributed by atoms with van der Waals surface area (Å²) in [7, 11) is 0. The molecule has 7 heteroatoms. The number of likely N-dealkylation sites (tertiary alicyclic amines) is 1. The number of morpholine rings is 1. The van der Waals surface area contributed by atoms with Crippen LogP contribution in [0.5, 0.6) is 0 Å². The van der Waals surface area contributed by atoms with Crippen molar-refractivity contribution < 1.29 is 19.1 Å². The summed E-state index contributed by atoms with van der Waals surface area (Å²) < 4.78 is 5.58. The van der Waals surface area contributed by atoms with Crippen molar-refractivity contribution in [2.75, 3.05) is 26.2 Å². The van der Waals surface area contributed by atoms with Crippen molar-refractivity contribution in [1.82, 2.24) is 15.1 Å². The lowest BCUT2D eigenvalue weighted by Gasteiger charge is -2.35. The summed E-state index contributed by atoms with van der Waals surface area (Å²) >= 11 is 0. The first-order valence-electron chi connectivity index (χ1n) is 7.49. The molecule has 0 saturated carbocycles. The summed E-state index contributed by atoms with van der Waals surface area (Å²) in [4.78, 5) is 37.9. The topological polar surface area (TPSA) is 79.0 Å². The van der Waals surface area contributed by atoms with Gasteiger partial charge in [0.15, 0.2) is 0 Å². The van der Waals surface area contributed by atoms with E-state index in [0.717, 1.165) is 0 Å². The van der Waals surface area contributed by atoms with Gasteiger partial charge in [0.25, 0.3) is 0 Å². The molecular formula is C14H23N3O4. The van der Waals surface area contributed by atoms with Crippen molar-refractivity contribution in [1.29, 1.82) is 0 Å². The average Bonchev–Trinajstić information content (AvgIpc) is 2.73. The van der Waals surface area contributed by atoms with E-state index < -0.39 is 0 Å². The Morgan fingerprint density at radius 2 is 1.76 bits per heavy atom. The lowest BCUT2D eigenvalue weighted by Crippen LogP contribution is -2.51. The molecule has 2 rings (SSSR count). The first-order chi connectivity index (χ1) is 9.97. The number of rotatable bonds is 4. The molecule has 0 spiro atoms. The third-order valence-corrected chi connectivity index (χ3v) is 3.70. The van der Waals surface area contributed by atoms with Crippen LogP contribution in [-0.4, -0.2) is 66.0 Å². The molecule has 0 radical (unpaired) electrons. The van der Waals surface area contributed by atoms with E-state index in [1.165, 1.54) is 4.90 Å². The molecule has 2 aliphatic heterocycles. The molecule has 21 heavy (non-hydrogen) atoms. The number of imide groups is 1. The van der Waals surface area contributed by atoms with Gasteiger partial charge in [0.1, 0.15) is 0 Å². The number of carbonyl (C=O) groups excluding carboxylic acids is 3. The fourth-order valence-electron chi connectivity index (χ4n) is 2.76. The molecule has 1 N–H and O–H groups in total. The van der Waals surface area contributed by atoms with Crippen molar-refractivity contribution in [3.8, 4) is 0 Å². The number of hydrogen-bond acceptors (Lipinski definition) is 4. The molecule has 118 valence electrons. The van der Waals surface area contributed by atoms with Crippen molar-refractivity contribution in [2.45, 2.75) is 45.3 Å². The molecule has 0 bridgehead atoms. The van der Waals surface area contributed by atoms with E-state index in [9.17, 15) is 14.4 Å². The van der Waals surface area contributed by atoms with Crippen LogP contribution in [-0.2, 0) is 14.3 Å². The summed E-state index contributed by atoms with van der Waals surface area (Å²) in [6, 6.07) is -0.115. The second-order valence-corrected chi connectivity index (χ2v) is 5.69. The van der Waals surface area contributed by atoms with Gasteiger partial charge in [-0.05, 0) is 20.3 Å². The largest absolute Gasteiger partial charge is 0.372 e. The van der Waals surface area contributed by atoms with Crippen LogP contribution >= 0.6 is 0 Å². The van der Waals surface area contributed by atoms with Crippen LogP contribution in [0.15, 0.2) is 0 Å². The summed E-state index contributed by atoms with van der Waals surface area (Å²) in [6.45, 7) is 5.89. The molecule has 2 heterocycles. The van der Waals surface area contributed by atoms with Crippen LogP contribution in [0.3, 0.4) is 0 Å². The van der Waals surface area contributed by atoms with E-state index in [2.05, 4.69) is 5.32 Å². The zero-order chi connectivity index (χ0) is 15.4. The highest BCUT2D eigenvalue weighted by molar-refractivity contribution is 6.01. The number of hydrogen-bond donors (Lipinski definition) is 1. The molecule has 0 aromatic carbocycles. The van der Waals surface area contributed by atoms with E-state index in [1.54, 1.807) is 4.90 Å². The monoisotopic (exact) mass is 297 g/mol. The standard InChI is InChI=1S/C14H23N3O4/c1-10-8-16(9-11(2)21-10)14(20)15-6-3-7-17-12(18)4-5-13(17)19/h10-11H,3-9H2,1-2H3,(H,15,20)/t10-,11+. The second-order valence-electron chi connectivity index (χ2n) is 5.69. The normalized spacial score (nSPS) is 26.4. The van der Waals surface area contributed by atoms with E-state index in [0.29, 0.717) is 45.4 Å². The first kappa shape index (κ1) is 15.8. The minimum absolute atomic E-state index is 0.0411. The van der Waals surface area contributed by atoms with Crippen LogP contribution in [0.4, 0.5) is 4.79 Å². The molecule has 0 aliphatic carbocycles. The van der Waals surface area contributed by atoms with Crippen LogP contribution in [0.2, 0.25) is 0 Å². The van der Waals surface area contributed by atoms with E-state index in [-0.39, 0.29) is 30.1 Å². The maximum atomic E-state index is 12.0. The van der Waals surface area contributed by atoms with Crippen LogP contribution in [0, 0.1) is 0 Å². The molecule has 2 saturated heterocycles. The Morgan fingerprint density at radius 1 is 1.19 bits per heavy atom. The van der Waals surface area contributed by atoms with Crippen LogP contribution in [0.25, 0.3) is 0 Å². The van der Waals surface area contributed by atoms with Crippen molar-refractivity contribution in [3.63, 3.8) is 0 Å². The van der Waals surface area contributed by atoms with Crippen molar-refractivity contribution in [2.24, 2.45) is 0 Å². The summed E-state index contributed by atoms with van der Waals surface area (Å²) in [5, 5.41) is 2.83. The molecule has 0 aromatic rings. The van der Waals surface area contributed by atoms with Crippen LogP contribution in [0.1, 0.15) is 33.1 Å². The minimum Gasteiger partial charge on any atom is -0.372 e. The highest BCUT2D eigenvalue weighted by atomic mass is 16.5. The van der Waals surface area contributed by atoms with Gasteiger partial charge in [-0.2, -0.15) is 0 Å². The SMILES string of the molecule is C[C@@H]1CN(C(=O)NCCCN2C(=O)CCC2=O)C[C@H](C)O1. The Kier molecular flexibility index (Phi) is 5.17. The van der Waals surface area contributed by atoms with Gasteiger partial charge in [0, 0.05) is 39.0 Å². The maximum Gasteiger partial charge on any atom is 0.317 e. The molecule has 0 aromatic heterocycles. The lowest BCUT2D eigenvalue weighted by molar-refractivity contribution is -0.138. The predicted octanol–water partition coefficient (Wildman–Crippen LogP) is 0.344. The Labute approximate surface area is 124 Å².